The van der Waals surface area contributed by atoms with Gasteiger partial charge in [0.15, 0.2) is 0 Å². The number of hydrogen-bond donors (Lipinski definition) is 0. The van der Waals surface area contributed by atoms with E-state index in [1.807, 2.05) is 6.07 Å². The second kappa shape index (κ2) is 6.09. The van der Waals surface area contributed by atoms with Gasteiger partial charge >= 0.3 is 0 Å². The van der Waals surface area contributed by atoms with Crippen LogP contribution >= 0.6 is 0 Å². The van der Waals surface area contributed by atoms with Gasteiger partial charge in [-0.05, 0) is 12.8 Å². The Balaban J connectivity index is 2.92. The summed E-state index contributed by atoms with van der Waals surface area (Å²) in [5.41, 5.74) is 6.55. The fourth-order valence-electron chi connectivity index (χ4n) is 0.666. The fourth-order valence-corrected chi connectivity index (χ4v) is 0.666. The third-order valence-electron chi connectivity index (χ3n) is 1.19. The second-order valence-electron chi connectivity index (χ2n) is 2.14. The van der Waals surface area contributed by atoms with Crippen LogP contribution in [0.1, 0.15) is 32.1 Å². The monoisotopic (exact) mass is 139 g/mol. The van der Waals surface area contributed by atoms with Crippen LogP contribution in [0.3, 0.4) is 0 Å². The van der Waals surface area contributed by atoms with Crippen molar-refractivity contribution in [2.75, 3.05) is 0 Å². The molecule has 0 aromatic carbocycles. The normalized spacial score (nSPS) is 8.70. The standard InChI is InChI=1S/C7H11N2O/c8-6-4-2-1-3-5-7(9)10/h9H,1-5H2. The van der Waals surface area contributed by atoms with E-state index < -0.39 is 5.91 Å². The first-order valence-corrected chi connectivity index (χ1v) is 3.38. The molecule has 0 rings (SSSR count). The molecule has 0 aromatic rings. The van der Waals surface area contributed by atoms with Crippen molar-refractivity contribution in [1.29, 1.82) is 5.26 Å². The molecule has 0 aromatic heterocycles. The number of unbranched alkanes of at least 4 members (excludes halogenated alkanes) is 3. The summed E-state index contributed by atoms with van der Waals surface area (Å²) >= 11 is 0. The molecule has 0 saturated heterocycles. The van der Waals surface area contributed by atoms with Crippen molar-refractivity contribution in [1.82, 2.24) is 5.73 Å². The van der Waals surface area contributed by atoms with Crippen molar-refractivity contribution < 1.29 is 4.79 Å². The molecule has 0 atom stereocenters. The number of carbonyl (C=O) groups excluding carboxylic acids is 1. The van der Waals surface area contributed by atoms with Crippen LogP contribution in [0.2, 0.25) is 0 Å². The first-order valence-electron chi connectivity index (χ1n) is 3.38. The Bertz CT molecular complexity index is 137. The highest BCUT2D eigenvalue weighted by atomic mass is 16.1. The predicted molar refractivity (Wildman–Crippen MR) is 36.8 cm³/mol. The van der Waals surface area contributed by atoms with Crippen LogP contribution in [-0.4, -0.2) is 5.91 Å². The summed E-state index contributed by atoms with van der Waals surface area (Å²) in [6.07, 6.45) is 3.39. The minimum Gasteiger partial charge on any atom is -0.273 e. The number of nitrogens with zero attached hydrogens (tertiary/aromatic N) is 1. The van der Waals surface area contributed by atoms with Crippen LogP contribution in [0.4, 0.5) is 0 Å². The number of nitrogens with one attached hydrogen (secondary N) is 1. The molecule has 3 nitrogen and oxygen atoms in total. The van der Waals surface area contributed by atoms with E-state index in [1.165, 1.54) is 0 Å². The van der Waals surface area contributed by atoms with Gasteiger partial charge in [-0.3, -0.25) is 10.5 Å². The fraction of sp³-hybridized carbons (Fsp3) is 0.714. The summed E-state index contributed by atoms with van der Waals surface area (Å²) < 4.78 is 0. The SMILES string of the molecule is N#CCCCCCC([NH])=O. The topological polar surface area (TPSA) is 64.7 Å². The molecular formula is C7H11N2O. The lowest BCUT2D eigenvalue weighted by atomic mass is 10.1. The van der Waals surface area contributed by atoms with Gasteiger partial charge in [-0.15, -0.1) is 0 Å². The lowest BCUT2D eigenvalue weighted by Gasteiger charge is -1.92. The number of carbonyl (C=O) groups is 1. The molecule has 1 N–H and O–H groups in total. The molecule has 3 heteroatoms. The minimum absolute atomic E-state index is 0.339. The second-order valence-corrected chi connectivity index (χ2v) is 2.14. The van der Waals surface area contributed by atoms with Gasteiger partial charge in [0.1, 0.15) is 0 Å². The zero-order valence-corrected chi connectivity index (χ0v) is 5.89. The average molecular weight is 139 g/mol. The van der Waals surface area contributed by atoms with Crippen LogP contribution in [0, 0.1) is 11.3 Å². The summed E-state index contributed by atoms with van der Waals surface area (Å²) in [5.74, 6) is -0.503. The van der Waals surface area contributed by atoms with Crippen molar-refractivity contribution in [3.05, 3.63) is 0 Å². The Hall–Kier alpha value is -1.04. The highest BCUT2D eigenvalue weighted by Crippen LogP contribution is 2.01. The van der Waals surface area contributed by atoms with Crippen LogP contribution < -0.4 is 5.73 Å². The van der Waals surface area contributed by atoms with Gasteiger partial charge in [0, 0.05) is 12.8 Å². The molecule has 0 saturated carbocycles. The Morgan fingerprint density at radius 3 is 2.60 bits per heavy atom. The van der Waals surface area contributed by atoms with E-state index in [4.69, 9.17) is 11.0 Å². The maximum atomic E-state index is 10.1. The minimum atomic E-state index is -0.503. The average Bonchev–Trinajstić information content (AvgIpc) is 1.87. The van der Waals surface area contributed by atoms with Crippen molar-refractivity contribution in [2.45, 2.75) is 32.1 Å². The lowest BCUT2D eigenvalue weighted by molar-refractivity contribution is -0.118. The maximum absolute atomic E-state index is 10.1. The maximum Gasteiger partial charge on any atom is 0.238 e. The molecule has 0 aliphatic carbocycles. The van der Waals surface area contributed by atoms with E-state index in [0.29, 0.717) is 12.8 Å². The molecule has 55 valence electrons. The highest BCUT2D eigenvalue weighted by molar-refractivity contribution is 5.72. The van der Waals surface area contributed by atoms with E-state index in [2.05, 4.69) is 0 Å². The van der Waals surface area contributed by atoms with Crippen molar-refractivity contribution in [3.8, 4) is 6.07 Å². The molecule has 0 spiro atoms. The first kappa shape index (κ1) is 8.96. The lowest BCUT2D eigenvalue weighted by Crippen LogP contribution is -1.96. The first-order chi connectivity index (χ1) is 4.77. The Labute approximate surface area is 60.8 Å². The number of amides is 1. The molecule has 0 aliphatic rings. The van der Waals surface area contributed by atoms with E-state index in [1.54, 1.807) is 0 Å². The summed E-state index contributed by atoms with van der Waals surface area (Å²) in [5, 5.41) is 8.12. The van der Waals surface area contributed by atoms with Gasteiger partial charge < -0.3 is 0 Å². The summed E-state index contributed by atoms with van der Waals surface area (Å²) in [6.45, 7) is 0. The summed E-state index contributed by atoms with van der Waals surface area (Å²) in [7, 11) is 0. The van der Waals surface area contributed by atoms with Crippen LogP contribution in [-0.2, 0) is 4.79 Å². The number of hydrogen-bond acceptors (Lipinski definition) is 2. The van der Waals surface area contributed by atoms with E-state index in [9.17, 15) is 4.79 Å². The zero-order valence-electron chi connectivity index (χ0n) is 5.89. The quantitative estimate of drug-likeness (QED) is 0.538. The molecular weight excluding hydrogens is 128 g/mol. The molecule has 1 radical (unpaired) electrons. The van der Waals surface area contributed by atoms with Gasteiger partial charge in [0.05, 0.1) is 6.07 Å². The Morgan fingerprint density at radius 1 is 1.40 bits per heavy atom. The van der Waals surface area contributed by atoms with Crippen molar-refractivity contribution in [2.24, 2.45) is 0 Å². The molecule has 0 bridgehead atoms. The summed E-state index contributed by atoms with van der Waals surface area (Å²) in [6, 6.07) is 2.02. The van der Waals surface area contributed by atoms with Crippen LogP contribution in [0.25, 0.3) is 0 Å². The van der Waals surface area contributed by atoms with E-state index >= 15 is 0 Å². The Kier molecular flexibility index (Phi) is 5.45. The Morgan fingerprint density at radius 2 is 2.10 bits per heavy atom. The number of nitriles is 1. The van der Waals surface area contributed by atoms with Gasteiger partial charge in [-0.25, -0.2) is 0 Å². The molecule has 10 heavy (non-hydrogen) atoms. The van der Waals surface area contributed by atoms with Gasteiger partial charge in [-0.2, -0.15) is 5.26 Å². The highest BCUT2D eigenvalue weighted by Gasteiger charge is 1.93. The van der Waals surface area contributed by atoms with Crippen molar-refractivity contribution >= 4 is 5.91 Å². The van der Waals surface area contributed by atoms with Gasteiger partial charge in [0.2, 0.25) is 5.91 Å². The molecule has 0 aliphatic heterocycles. The smallest absolute Gasteiger partial charge is 0.238 e. The number of rotatable bonds is 5. The van der Waals surface area contributed by atoms with E-state index in [-0.39, 0.29) is 0 Å². The zero-order chi connectivity index (χ0) is 7.82. The molecule has 0 unspecified atom stereocenters. The third kappa shape index (κ3) is 6.96. The van der Waals surface area contributed by atoms with Gasteiger partial charge in [0.25, 0.3) is 0 Å². The molecule has 1 amide bonds. The van der Waals surface area contributed by atoms with Crippen LogP contribution in [0.5, 0.6) is 0 Å². The van der Waals surface area contributed by atoms with E-state index in [0.717, 1.165) is 19.3 Å². The van der Waals surface area contributed by atoms with Crippen LogP contribution in [0.15, 0.2) is 0 Å². The third-order valence-corrected chi connectivity index (χ3v) is 1.19. The molecule has 0 heterocycles. The van der Waals surface area contributed by atoms with Crippen molar-refractivity contribution in [3.63, 3.8) is 0 Å². The van der Waals surface area contributed by atoms with Gasteiger partial charge in [-0.1, -0.05) is 6.42 Å². The largest absolute Gasteiger partial charge is 0.273 e. The predicted octanol–water partition coefficient (Wildman–Crippen LogP) is 1.27. The summed E-state index contributed by atoms with van der Waals surface area (Å²) in [4.78, 5) is 10.1. The molecule has 0 fully saturated rings.